The van der Waals surface area contributed by atoms with Crippen LogP contribution >= 0.6 is 7.26 Å². The van der Waals surface area contributed by atoms with E-state index in [0.29, 0.717) is 11.8 Å². The first kappa shape index (κ1) is 41.3. The molecule has 0 aromatic heterocycles. The molecule has 0 saturated carbocycles. The molecule has 0 saturated heterocycles. The highest BCUT2D eigenvalue weighted by Crippen LogP contribution is 2.55. The normalized spacial score (nSPS) is 11.7. The minimum atomic E-state index is -1.77. The number of hydrogen-bond donors (Lipinski definition) is 0. The van der Waals surface area contributed by atoms with E-state index >= 15 is 0 Å². The van der Waals surface area contributed by atoms with Gasteiger partial charge in [0.1, 0.15) is 34.7 Å². The van der Waals surface area contributed by atoms with Gasteiger partial charge in [-0.2, -0.15) is 0 Å². The zero-order valence-corrected chi connectivity index (χ0v) is 34.3. The third-order valence-electron chi connectivity index (χ3n) is 9.80. The molecule has 2 nitrogen and oxygen atoms in total. The first-order valence-electron chi connectivity index (χ1n) is 18.5. The number of rotatable bonds is 14. The van der Waals surface area contributed by atoms with Crippen molar-refractivity contribution in [1.82, 2.24) is 0 Å². The first-order chi connectivity index (χ1) is 25.4. The summed E-state index contributed by atoms with van der Waals surface area (Å²) in [5, 5.41) is 4.31. The van der Waals surface area contributed by atoms with Gasteiger partial charge in [0.2, 0.25) is 0 Å². The Morgan fingerprint density at radius 2 is 0.962 bits per heavy atom. The van der Waals surface area contributed by atoms with E-state index in [-0.39, 0.29) is 17.0 Å². The highest BCUT2D eigenvalue weighted by atomic mass is 79.9. The fourth-order valence-corrected chi connectivity index (χ4v) is 10.9. The van der Waals surface area contributed by atoms with Crippen molar-refractivity contribution >= 4 is 23.2 Å². The minimum absolute atomic E-state index is 0. The van der Waals surface area contributed by atoms with E-state index in [9.17, 15) is 0 Å². The van der Waals surface area contributed by atoms with Crippen molar-refractivity contribution in [3.63, 3.8) is 0 Å². The molecular formula is C49H54BrO2P. The fourth-order valence-electron chi connectivity index (χ4n) is 6.61. The lowest BCUT2D eigenvalue weighted by molar-refractivity contribution is -0.0000111. The van der Waals surface area contributed by atoms with Crippen molar-refractivity contribution in [3.05, 3.63) is 198 Å². The standard InChI is InChI=1S/C27H26OP.C22H28O.BrH/c1-28-24-19-17-23(18-20-24)21-22-29(25-11-5-2-6-12-25,26-13-7-3-8-14-26)27-15-9-4-10-16-27;1-17(2)20-10-7-11-21(16-20)18(3)8-5-6-9-19-12-14-22(23-4)15-13-19;/h2-20H,21-22H2,1H3;5-7,10-18H,8-9H2,1-4H3;1H/q+1;;/p-1. The van der Waals surface area contributed by atoms with Crippen molar-refractivity contribution in [2.24, 2.45) is 0 Å². The van der Waals surface area contributed by atoms with E-state index in [4.69, 9.17) is 9.47 Å². The van der Waals surface area contributed by atoms with Crippen LogP contribution in [0.2, 0.25) is 0 Å². The van der Waals surface area contributed by atoms with Gasteiger partial charge in [-0.3, -0.25) is 0 Å². The second-order valence-corrected chi connectivity index (χ2v) is 17.2. The molecule has 0 aliphatic carbocycles. The number of ether oxygens (including phenoxy) is 2. The van der Waals surface area contributed by atoms with Gasteiger partial charge >= 0.3 is 0 Å². The van der Waals surface area contributed by atoms with Crippen LogP contribution in [0.1, 0.15) is 61.3 Å². The lowest BCUT2D eigenvalue weighted by atomic mass is 9.93. The van der Waals surface area contributed by atoms with Crippen LogP contribution < -0.4 is 42.4 Å². The third-order valence-corrected chi connectivity index (χ3v) is 14.2. The Morgan fingerprint density at radius 1 is 0.509 bits per heavy atom. The Hall–Kier alpha value is -4.43. The molecule has 1 atom stereocenters. The predicted molar refractivity (Wildman–Crippen MR) is 226 cm³/mol. The lowest BCUT2D eigenvalue weighted by Crippen LogP contribution is -3.00. The summed E-state index contributed by atoms with van der Waals surface area (Å²) in [5.41, 5.74) is 5.52. The molecule has 1 unspecified atom stereocenters. The van der Waals surface area contributed by atoms with Crippen molar-refractivity contribution in [2.75, 3.05) is 20.4 Å². The summed E-state index contributed by atoms with van der Waals surface area (Å²) in [7, 11) is 1.64. The van der Waals surface area contributed by atoms with E-state index in [1.165, 1.54) is 38.2 Å². The van der Waals surface area contributed by atoms with Crippen molar-refractivity contribution < 1.29 is 26.5 Å². The van der Waals surface area contributed by atoms with Crippen LogP contribution in [0.4, 0.5) is 0 Å². The number of allylic oxidation sites excluding steroid dienone is 2. The molecular weight excluding hydrogens is 731 g/mol. The summed E-state index contributed by atoms with van der Waals surface area (Å²) in [4.78, 5) is 0. The van der Waals surface area contributed by atoms with E-state index in [2.05, 4.69) is 185 Å². The van der Waals surface area contributed by atoms with E-state index in [0.717, 1.165) is 36.9 Å². The minimum Gasteiger partial charge on any atom is -1.00 e. The molecule has 0 heterocycles. The number of methoxy groups -OCH3 is 2. The van der Waals surface area contributed by atoms with Crippen LogP contribution in [-0.2, 0) is 12.8 Å². The van der Waals surface area contributed by atoms with Crippen molar-refractivity contribution in [2.45, 2.75) is 51.9 Å². The van der Waals surface area contributed by atoms with Crippen LogP contribution in [0, 0.1) is 0 Å². The summed E-state index contributed by atoms with van der Waals surface area (Å²) in [5.74, 6) is 2.97. The average Bonchev–Trinajstić information content (AvgIpc) is 3.21. The Bertz CT molecular complexity index is 1830. The molecule has 0 radical (unpaired) electrons. The van der Waals surface area contributed by atoms with Crippen LogP contribution in [0.25, 0.3) is 0 Å². The SMILES string of the molecule is COc1ccc(CC=CCC(C)c2cccc(C(C)C)c2)cc1.COc1ccc(CC[P+](c2ccccc2)(c2ccccc2)c2ccccc2)cc1.[Br-]. The monoisotopic (exact) mass is 784 g/mol. The van der Waals surface area contributed by atoms with Crippen LogP contribution in [0.15, 0.2) is 176 Å². The molecule has 0 amide bonds. The molecule has 0 fully saturated rings. The maximum atomic E-state index is 5.33. The molecule has 0 N–H and O–H groups in total. The van der Waals surface area contributed by atoms with Crippen LogP contribution in [-0.4, -0.2) is 20.4 Å². The largest absolute Gasteiger partial charge is 1.00 e. The molecule has 274 valence electrons. The summed E-state index contributed by atoms with van der Waals surface area (Å²) in [6, 6.07) is 59.0. The molecule has 6 rings (SSSR count). The zero-order chi connectivity index (χ0) is 36.6. The van der Waals surface area contributed by atoms with Crippen LogP contribution in [0.5, 0.6) is 11.5 Å². The highest BCUT2D eigenvalue weighted by Gasteiger charge is 2.44. The molecule has 53 heavy (non-hydrogen) atoms. The summed E-state index contributed by atoms with van der Waals surface area (Å²) in [6.45, 7) is 6.80. The summed E-state index contributed by atoms with van der Waals surface area (Å²) >= 11 is 0. The Kier molecular flexibility index (Phi) is 16.6. The molecule has 4 heteroatoms. The Balaban J connectivity index is 0.000000239. The molecule has 0 aliphatic heterocycles. The van der Waals surface area contributed by atoms with Crippen LogP contribution in [0.3, 0.4) is 0 Å². The van der Waals surface area contributed by atoms with Gasteiger partial charge in [-0.05, 0) is 108 Å². The van der Waals surface area contributed by atoms with Gasteiger partial charge in [-0.25, -0.2) is 0 Å². The maximum Gasteiger partial charge on any atom is 0.118 e. The third kappa shape index (κ3) is 11.5. The summed E-state index contributed by atoms with van der Waals surface area (Å²) in [6.07, 6.45) is 8.75. The van der Waals surface area contributed by atoms with Gasteiger partial charge in [0.15, 0.2) is 0 Å². The number of hydrogen-bond acceptors (Lipinski definition) is 2. The van der Waals surface area contributed by atoms with Gasteiger partial charge in [-0.1, -0.05) is 136 Å². The zero-order valence-electron chi connectivity index (χ0n) is 31.9. The molecule has 0 aliphatic rings. The van der Waals surface area contributed by atoms with Gasteiger partial charge in [0, 0.05) is 6.42 Å². The molecule has 6 aromatic rings. The number of benzene rings is 6. The second-order valence-electron chi connectivity index (χ2n) is 13.6. The number of aryl methyl sites for hydroxylation is 1. The van der Waals surface area contributed by atoms with Gasteiger partial charge < -0.3 is 26.5 Å². The maximum absolute atomic E-state index is 5.33. The molecule has 6 aromatic carbocycles. The second kappa shape index (κ2) is 21.3. The van der Waals surface area contributed by atoms with Crippen molar-refractivity contribution in [3.8, 4) is 11.5 Å². The first-order valence-corrected chi connectivity index (χ1v) is 20.5. The Labute approximate surface area is 330 Å². The highest BCUT2D eigenvalue weighted by molar-refractivity contribution is 7.95. The van der Waals surface area contributed by atoms with E-state index < -0.39 is 7.26 Å². The lowest BCUT2D eigenvalue weighted by Gasteiger charge is -2.27. The average molecular weight is 786 g/mol. The van der Waals surface area contributed by atoms with Gasteiger partial charge in [-0.15, -0.1) is 0 Å². The summed E-state index contributed by atoms with van der Waals surface area (Å²) < 4.78 is 10.5. The van der Waals surface area contributed by atoms with Gasteiger partial charge in [0.05, 0.1) is 20.4 Å². The predicted octanol–water partition coefficient (Wildman–Crippen LogP) is 8.35. The topological polar surface area (TPSA) is 18.5 Å². The molecule has 0 spiro atoms. The fraction of sp³-hybridized carbons (Fsp3) is 0.224. The quantitative estimate of drug-likeness (QED) is 0.0818. The smallest absolute Gasteiger partial charge is 0.118 e. The van der Waals surface area contributed by atoms with Gasteiger partial charge in [0.25, 0.3) is 0 Å². The van der Waals surface area contributed by atoms with E-state index in [1.54, 1.807) is 14.2 Å². The van der Waals surface area contributed by atoms with E-state index in [1.807, 2.05) is 12.1 Å². The Morgan fingerprint density at radius 3 is 1.42 bits per heavy atom. The number of halogens is 1. The van der Waals surface area contributed by atoms with Crippen molar-refractivity contribution in [1.29, 1.82) is 0 Å². The molecule has 0 bridgehead atoms.